The first-order valence-electron chi connectivity index (χ1n) is 3.14. The normalized spacial score (nSPS) is 14.0. The first-order chi connectivity index (χ1) is 5.15. The van der Waals surface area contributed by atoms with E-state index in [9.17, 15) is 22.0 Å². The third-order valence-corrected chi connectivity index (χ3v) is 1.20. The minimum atomic E-state index is -4.84. The lowest BCUT2D eigenvalue weighted by molar-refractivity contribution is -0.335. The molecule has 0 saturated heterocycles. The Kier molecular flexibility index (Phi) is 3.44. The summed E-state index contributed by atoms with van der Waals surface area (Å²) >= 11 is 0. The molecule has 12 heavy (non-hydrogen) atoms. The maximum atomic E-state index is 11.9. The van der Waals surface area contributed by atoms with E-state index in [1.165, 1.54) is 0 Å². The Morgan fingerprint density at radius 3 is 1.83 bits per heavy atom. The van der Waals surface area contributed by atoms with E-state index in [0.717, 1.165) is 13.8 Å². The molecule has 0 heterocycles. The molecular formula is C6H9F5O. The van der Waals surface area contributed by atoms with Gasteiger partial charge in [-0.05, 0) is 0 Å². The van der Waals surface area contributed by atoms with Gasteiger partial charge in [-0.25, -0.2) is 8.78 Å². The molecule has 0 saturated carbocycles. The molecule has 0 atom stereocenters. The molecule has 0 fully saturated rings. The Hall–Kier alpha value is -0.390. The minimum Gasteiger partial charge on any atom is -0.291 e. The van der Waals surface area contributed by atoms with Gasteiger partial charge in [0.2, 0.25) is 6.43 Å². The molecule has 0 aliphatic rings. The van der Waals surface area contributed by atoms with Crippen LogP contribution in [0.3, 0.4) is 0 Å². The highest BCUT2D eigenvalue weighted by molar-refractivity contribution is 4.70. The van der Waals surface area contributed by atoms with E-state index in [4.69, 9.17) is 0 Å². The fourth-order valence-corrected chi connectivity index (χ4v) is 0.331. The van der Waals surface area contributed by atoms with Crippen molar-refractivity contribution in [2.24, 2.45) is 5.41 Å². The Morgan fingerprint density at radius 1 is 1.17 bits per heavy atom. The molecule has 0 bridgehead atoms. The van der Waals surface area contributed by atoms with Crippen molar-refractivity contribution in [1.29, 1.82) is 0 Å². The molecule has 74 valence electrons. The molecule has 0 aliphatic heterocycles. The van der Waals surface area contributed by atoms with Crippen molar-refractivity contribution in [3.63, 3.8) is 0 Å². The van der Waals surface area contributed by atoms with Gasteiger partial charge in [-0.1, -0.05) is 13.8 Å². The van der Waals surface area contributed by atoms with Gasteiger partial charge in [0.1, 0.15) is 0 Å². The zero-order chi connectivity index (χ0) is 9.99. The van der Waals surface area contributed by atoms with Crippen LogP contribution in [0.5, 0.6) is 0 Å². The van der Waals surface area contributed by atoms with Gasteiger partial charge in [-0.15, -0.1) is 13.2 Å². The average molecular weight is 192 g/mol. The first kappa shape index (κ1) is 11.6. The summed E-state index contributed by atoms with van der Waals surface area (Å²) in [6.07, 6.45) is -7.67. The molecule has 0 aromatic heterocycles. The van der Waals surface area contributed by atoms with E-state index in [-0.39, 0.29) is 0 Å². The molecule has 0 N–H and O–H groups in total. The molecule has 0 radical (unpaired) electrons. The summed E-state index contributed by atoms with van der Waals surface area (Å²) in [5, 5.41) is 0. The summed E-state index contributed by atoms with van der Waals surface area (Å²) in [6.45, 7) is 0.973. The van der Waals surface area contributed by atoms with E-state index in [1.807, 2.05) is 0 Å². The van der Waals surface area contributed by atoms with Crippen molar-refractivity contribution in [3.8, 4) is 0 Å². The molecule has 0 aromatic carbocycles. The van der Waals surface area contributed by atoms with E-state index in [1.54, 1.807) is 0 Å². The van der Waals surface area contributed by atoms with Crippen LogP contribution in [-0.2, 0) is 4.74 Å². The highest BCUT2D eigenvalue weighted by Crippen LogP contribution is 2.28. The molecule has 6 heteroatoms. The minimum absolute atomic E-state index is 1.00. The van der Waals surface area contributed by atoms with Crippen LogP contribution in [0, 0.1) is 5.41 Å². The van der Waals surface area contributed by atoms with Crippen LogP contribution < -0.4 is 0 Å². The lowest BCUT2D eigenvalue weighted by atomic mass is 9.96. The molecule has 0 unspecified atom stereocenters. The van der Waals surface area contributed by atoms with Crippen LogP contribution in [-0.4, -0.2) is 19.4 Å². The van der Waals surface area contributed by atoms with E-state index in [0.29, 0.717) is 0 Å². The van der Waals surface area contributed by atoms with Crippen molar-refractivity contribution >= 4 is 0 Å². The number of halogens is 5. The summed E-state index contributed by atoms with van der Waals surface area (Å²) in [7, 11) is 0. The summed E-state index contributed by atoms with van der Waals surface area (Å²) in [6, 6.07) is 0. The van der Waals surface area contributed by atoms with Crippen molar-refractivity contribution in [2.45, 2.75) is 26.6 Å². The van der Waals surface area contributed by atoms with Crippen LogP contribution >= 0.6 is 0 Å². The number of hydrogen-bond donors (Lipinski definition) is 0. The molecule has 0 rings (SSSR count). The second-order valence-electron chi connectivity index (χ2n) is 3.02. The van der Waals surface area contributed by atoms with Crippen LogP contribution in [0.15, 0.2) is 0 Å². The van der Waals surface area contributed by atoms with Crippen molar-refractivity contribution in [1.82, 2.24) is 0 Å². The number of hydrogen-bond acceptors (Lipinski definition) is 1. The largest absolute Gasteiger partial charge is 0.522 e. The standard InChI is InChI=1S/C6H9F5O/c1-5(2,4(7)8)3-12-6(9,10)11/h4H,3H2,1-2H3. The van der Waals surface area contributed by atoms with Gasteiger partial charge in [0.25, 0.3) is 0 Å². The lowest BCUT2D eigenvalue weighted by Gasteiger charge is -2.23. The van der Waals surface area contributed by atoms with Crippen LogP contribution in [0.4, 0.5) is 22.0 Å². The van der Waals surface area contributed by atoms with Gasteiger partial charge in [-0.3, -0.25) is 4.74 Å². The summed E-state index contributed by atoms with van der Waals surface area (Å²) in [5.74, 6) is 0. The van der Waals surface area contributed by atoms with E-state index in [2.05, 4.69) is 4.74 Å². The van der Waals surface area contributed by atoms with Gasteiger partial charge in [0.05, 0.1) is 6.61 Å². The number of alkyl halides is 5. The fourth-order valence-electron chi connectivity index (χ4n) is 0.331. The zero-order valence-electron chi connectivity index (χ0n) is 6.58. The van der Waals surface area contributed by atoms with Crippen molar-refractivity contribution in [2.75, 3.05) is 6.61 Å². The first-order valence-corrected chi connectivity index (χ1v) is 3.14. The summed E-state index contributed by atoms with van der Waals surface area (Å²) in [5.41, 5.74) is -1.77. The Labute approximate surface area is 66.5 Å². The smallest absolute Gasteiger partial charge is 0.291 e. The predicted molar refractivity (Wildman–Crippen MR) is 31.8 cm³/mol. The second-order valence-corrected chi connectivity index (χ2v) is 3.02. The van der Waals surface area contributed by atoms with E-state index >= 15 is 0 Å². The summed E-state index contributed by atoms with van der Waals surface area (Å²) < 4.78 is 61.3. The predicted octanol–water partition coefficient (Wildman–Crippen LogP) is 2.81. The Morgan fingerprint density at radius 2 is 1.58 bits per heavy atom. The van der Waals surface area contributed by atoms with Crippen molar-refractivity contribution in [3.05, 3.63) is 0 Å². The molecule has 0 spiro atoms. The monoisotopic (exact) mass is 192 g/mol. The fraction of sp³-hybridized carbons (Fsp3) is 1.00. The second kappa shape index (κ2) is 3.55. The average Bonchev–Trinajstić information content (AvgIpc) is 1.82. The molecule has 0 aromatic rings. The van der Waals surface area contributed by atoms with Gasteiger partial charge >= 0.3 is 6.36 Å². The SMILES string of the molecule is CC(C)(COC(F)(F)F)C(F)F. The quantitative estimate of drug-likeness (QED) is 0.624. The molecular weight excluding hydrogens is 183 g/mol. The Balaban J connectivity index is 3.93. The van der Waals surface area contributed by atoms with Crippen molar-refractivity contribution < 1.29 is 26.7 Å². The van der Waals surface area contributed by atoms with Gasteiger partial charge < -0.3 is 0 Å². The molecule has 0 aliphatic carbocycles. The molecule has 0 amide bonds. The van der Waals surface area contributed by atoms with E-state index < -0.39 is 24.8 Å². The van der Waals surface area contributed by atoms with Crippen LogP contribution in [0.2, 0.25) is 0 Å². The lowest BCUT2D eigenvalue weighted by Crippen LogP contribution is -2.31. The summed E-state index contributed by atoms with van der Waals surface area (Å²) in [4.78, 5) is 0. The topological polar surface area (TPSA) is 9.23 Å². The number of rotatable bonds is 3. The van der Waals surface area contributed by atoms with Crippen LogP contribution in [0.25, 0.3) is 0 Å². The maximum absolute atomic E-state index is 11.9. The molecule has 1 nitrogen and oxygen atoms in total. The third kappa shape index (κ3) is 4.48. The highest BCUT2D eigenvalue weighted by Gasteiger charge is 2.37. The van der Waals surface area contributed by atoms with Gasteiger partial charge in [-0.2, -0.15) is 0 Å². The Bertz CT molecular complexity index is 139. The highest BCUT2D eigenvalue weighted by atomic mass is 19.4. The number of ether oxygens (including phenoxy) is 1. The van der Waals surface area contributed by atoms with Crippen LogP contribution in [0.1, 0.15) is 13.8 Å². The van der Waals surface area contributed by atoms with Gasteiger partial charge in [0.15, 0.2) is 0 Å². The maximum Gasteiger partial charge on any atom is 0.522 e. The van der Waals surface area contributed by atoms with Gasteiger partial charge in [0, 0.05) is 5.41 Å². The zero-order valence-corrected chi connectivity index (χ0v) is 6.58. The third-order valence-electron chi connectivity index (χ3n) is 1.20.